The van der Waals surface area contributed by atoms with Crippen molar-refractivity contribution in [3.63, 3.8) is 0 Å². The lowest BCUT2D eigenvalue weighted by Gasteiger charge is -2.26. The highest BCUT2D eigenvalue weighted by atomic mass is 16.4. The molecule has 1 aromatic rings. The van der Waals surface area contributed by atoms with Crippen LogP contribution in [0.4, 0.5) is 5.69 Å². The first-order chi connectivity index (χ1) is 8.00. The van der Waals surface area contributed by atoms with Crippen molar-refractivity contribution >= 4 is 11.7 Å². The summed E-state index contributed by atoms with van der Waals surface area (Å²) in [6.45, 7) is 4.73. The van der Waals surface area contributed by atoms with Gasteiger partial charge in [-0.2, -0.15) is 0 Å². The normalized spacial score (nSPS) is 14.1. The van der Waals surface area contributed by atoms with Crippen LogP contribution in [-0.2, 0) is 0 Å². The van der Waals surface area contributed by atoms with Crippen LogP contribution >= 0.6 is 0 Å². The molecule has 1 unspecified atom stereocenters. The van der Waals surface area contributed by atoms with Crippen molar-refractivity contribution in [3.8, 4) is 0 Å². The van der Waals surface area contributed by atoms with E-state index in [1.165, 1.54) is 0 Å². The third-order valence-electron chi connectivity index (χ3n) is 3.06. The lowest BCUT2D eigenvalue weighted by atomic mass is 9.88. The molecule has 0 aromatic heterocycles. The first-order valence-electron chi connectivity index (χ1n) is 5.69. The Labute approximate surface area is 101 Å². The third kappa shape index (κ3) is 3.75. The Hall–Kier alpha value is -1.55. The van der Waals surface area contributed by atoms with Crippen LogP contribution in [0.3, 0.4) is 0 Å². The predicted molar refractivity (Wildman–Crippen MR) is 67.4 cm³/mol. The van der Waals surface area contributed by atoms with Gasteiger partial charge in [0.25, 0.3) is 0 Å². The SMILES string of the molecule is CCC(C)(CO)CNc1cccc(C(=O)O)c1. The molecule has 0 radical (unpaired) electrons. The molecule has 0 heterocycles. The van der Waals surface area contributed by atoms with Gasteiger partial charge in [0.15, 0.2) is 0 Å². The molecule has 1 aromatic carbocycles. The Morgan fingerprint density at radius 1 is 1.47 bits per heavy atom. The molecular formula is C13H19NO3. The number of carboxylic acids is 1. The lowest BCUT2D eigenvalue weighted by molar-refractivity contribution is 0.0697. The van der Waals surface area contributed by atoms with Gasteiger partial charge in [0, 0.05) is 17.6 Å². The highest BCUT2D eigenvalue weighted by molar-refractivity contribution is 5.88. The van der Waals surface area contributed by atoms with Crippen LogP contribution in [0.15, 0.2) is 24.3 Å². The molecule has 0 saturated carbocycles. The molecule has 0 spiro atoms. The third-order valence-corrected chi connectivity index (χ3v) is 3.06. The summed E-state index contributed by atoms with van der Waals surface area (Å²) < 4.78 is 0. The van der Waals surface area contributed by atoms with Gasteiger partial charge in [0.2, 0.25) is 0 Å². The van der Waals surface area contributed by atoms with E-state index in [1.54, 1.807) is 18.2 Å². The molecule has 94 valence electrons. The highest BCUT2D eigenvalue weighted by Crippen LogP contribution is 2.21. The molecule has 0 amide bonds. The quantitative estimate of drug-likeness (QED) is 0.709. The van der Waals surface area contributed by atoms with Crippen molar-refractivity contribution < 1.29 is 15.0 Å². The van der Waals surface area contributed by atoms with Crippen LogP contribution in [0, 0.1) is 5.41 Å². The topological polar surface area (TPSA) is 69.6 Å². The van der Waals surface area contributed by atoms with Gasteiger partial charge >= 0.3 is 5.97 Å². The molecule has 4 nitrogen and oxygen atoms in total. The van der Waals surface area contributed by atoms with Crippen molar-refractivity contribution in [1.29, 1.82) is 0 Å². The zero-order chi connectivity index (χ0) is 12.9. The number of aromatic carboxylic acids is 1. The van der Waals surface area contributed by atoms with E-state index in [0.717, 1.165) is 12.1 Å². The monoisotopic (exact) mass is 237 g/mol. The molecule has 3 N–H and O–H groups in total. The molecule has 0 aliphatic rings. The number of carbonyl (C=O) groups is 1. The summed E-state index contributed by atoms with van der Waals surface area (Å²) in [5.74, 6) is -0.936. The van der Waals surface area contributed by atoms with Crippen LogP contribution in [0.2, 0.25) is 0 Å². The summed E-state index contributed by atoms with van der Waals surface area (Å²) in [4.78, 5) is 10.8. The fourth-order valence-corrected chi connectivity index (χ4v) is 1.37. The van der Waals surface area contributed by atoms with Gasteiger partial charge in [0.1, 0.15) is 0 Å². The summed E-state index contributed by atoms with van der Waals surface area (Å²) >= 11 is 0. The van der Waals surface area contributed by atoms with E-state index >= 15 is 0 Å². The van der Waals surface area contributed by atoms with E-state index in [4.69, 9.17) is 5.11 Å². The summed E-state index contributed by atoms with van der Waals surface area (Å²) in [5, 5.41) is 21.3. The van der Waals surface area contributed by atoms with Gasteiger partial charge < -0.3 is 15.5 Å². The molecule has 1 rings (SSSR count). The zero-order valence-corrected chi connectivity index (χ0v) is 10.2. The average Bonchev–Trinajstić information content (AvgIpc) is 2.36. The number of hydrogen-bond acceptors (Lipinski definition) is 3. The first kappa shape index (κ1) is 13.5. The van der Waals surface area contributed by atoms with E-state index in [2.05, 4.69) is 5.32 Å². The van der Waals surface area contributed by atoms with Crippen molar-refractivity contribution in [2.24, 2.45) is 5.41 Å². The molecule has 0 fully saturated rings. The van der Waals surface area contributed by atoms with Gasteiger partial charge in [-0.3, -0.25) is 0 Å². The molecule has 0 bridgehead atoms. The Morgan fingerprint density at radius 2 is 2.18 bits per heavy atom. The molecule has 0 aliphatic carbocycles. The number of benzene rings is 1. The van der Waals surface area contributed by atoms with Crippen molar-refractivity contribution in [2.45, 2.75) is 20.3 Å². The van der Waals surface area contributed by atoms with E-state index in [9.17, 15) is 9.90 Å². The highest BCUT2D eigenvalue weighted by Gasteiger charge is 2.20. The minimum absolute atomic E-state index is 0.106. The summed E-state index contributed by atoms with van der Waals surface area (Å²) in [7, 11) is 0. The zero-order valence-electron chi connectivity index (χ0n) is 10.2. The second kappa shape index (κ2) is 5.68. The minimum atomic E-state index is -0.936. The summed E-state index contributed by atoms with van der Waals surface area (Å²) in [5.41, 5.74) is 0.842. The van der Waals surface area contributed by atoms with E-state index in [1.807, 2.05) is 19.9 Å². The number of anilines is 1. The van der Waals surface area contributed by atoms with Gasteiger partial charge in [-0.05, 0) is 24.6 Å². The summed E-state index contributed by atoms with van der Waals surface area (Å²) in [6, 6.07) is 6.67. The molecule has 4 heteroatoms. The number of nitrogens with one attached hydrogen (secondary N) is 1. The minimum Gasteiger partial charge on any atom is -0.478 e. The number of rotatable bonds is 6. The van der Waals surface area contributed by atoms with Crippen LogP contribution in [0.5, 0.6) is 0 Å². The van der Waals surface area contributed by atoms with Crippen molar-refractivity contribution in [1.82, 2.24) is 0 Å². The molecular weight excluding hydrogens is 218 g/mol. The second-order valence-corrected chi connectivity index (χ2v) is 4.56. The molecule has 0 aliphatic heterocycles. The smallest absolute Gasteiger partial charge is 0.335 e. The maximum atomic E-state index is 10.8. The number of carboxylic acid groups (broad SMARTS) is 1. The standard InChI is InChI=1S/C13H19NO3/c1-3-13(2,9-15)8-14-11-6-4-5-10(7-11)12(16)17/h4-7,14-15H,3,8-9H2,1-2H3,(H,16,17). The first-order valence-corrected chi connectivity index (χ1v) is 5.69. The van der Waals surface area contributed by atoms with Crippen molar-refractivity contribution in [3.05, 3.63) is 29.8 Å². The average molecular weight is 237 g/mol. The second-order valence-electron chi connectivity index (χ2n) is 4.56. The molecule has 0 saturated heterocycles. The maximum absolute atomic E-state index is 10.8. The fraction of sp³-hybridized carbons (Fsp3) is 0.462. The number of aliphatic hydroxyl groups is 1. The van der Waals surface area contributed by atoms with Gasteiger partial charge in [-0.1, -0.05) is 19.9 Å². The van der Waals surface area contributed by atoms with Crippen LogP contribution in [0.1, 0.15) is 30.6 Å². The van der Waals surface area contributed by atoms with Gasteiger partial charge in [-0.15, -0.1) is 0 Å². The Morgan fingerprint density at radius 3 is 2.71 bits per heavy atom. The fourth-order valence-electron chi connectivity index (χ4n) is 1.37. The maximum Gasteiger partial charge on any atom is 0.335 e. The Bertz CT molecular complexity index is 386. The van der Waals surface area contributed by atoms with E-state index in [-0.39, 0.29) is 17.6 Å². The predicted octanol–water partition coefficient (Wildman–Crippen LogP) is 2.21. The van der Waals surface area contributed by atoms with E-state index < -0.39 is 5.97 Å². The summed E-state index contributed by atoms with van der Waals surface area (Å²) in [6.07, 6.45) is 0.856. The Kier molecular flexibility index (Phi) is 4.52. The largest absolute Gasteiger partial charge is 0.478 e. The van der Waals surface area contributed by atoms with Crippen molar-refractivity contribution in [2.75, 3.05) is 18.5 Å². The molecule has 1 atom stereocenters. The Balaban J connectivity index is 2.69. The van der Waals surface area contributed by atoms with Gasteiger partial charge in [-0.25, -0.2) is 4.79 Å². The van der Waals surface area contributed by atoms with Crippen LogP contribution in [0.25, 0.3) is 0 Å². The lowest BCUT2D eigenvalue weighted by Crippen LogP contribution is -2.29. The number of aliphatic hydroxyl groups excluding tert-OH is 1. The molecule has 17 heavy (non-hydrogen) atoms. The van der Waals surface area contributed by atoms with Crippen LogP contribution < -0.4 is 5.32 Å². The van der Waals surface area contributed by atoms with Crippen LogP contribution in [-0.4, -0.2) is 29.3 Å². The van der Waals surface area contributed by atoms with E-state index in [0.29, 0.717) is 6.54 Å². The number of hydrogen-bond donors (Lipinski definition) is 3. The van der Waals surface area contributed by atoms with Gasteiger partial charge in [0.05, 0.1) is 12.2 Å².